The highest BCUT2D eigenvalue weighted by Gasteiger charge is 2.21. The fraction of sp³-hybridized carbons (Fsp3) is 0.0952. The Morgan fingerprint density at radius 1 is 1.24 bits per heavy atom. The number of ether oxygens (including phenoxy) is 1. The quantitative estimate of drug-likeness (QED) is 0.266. The van der Waals surface area contributed by atoms with E-state index in [0.717, 1.165) is 22.5 Å². The van der Waals surface area contributed by atoms with Gasteiger partial charge < -0.3 is 10.1 Å². The number of methoxy groups -OCH3 is 1. The maximum atomic E-state index is 12.7. The number of nitrogens with two attached hydrogens (primary N) is 1. The molecule has 0 fully saturated rings. The summed E-state index contributed by atoms with van der Waals surface area (Å²) < 4.78 is 35.0. The van der Waals surface area contributed by atoms with Crippen LogP contribution in [0.3, 0.4) is 0 Å². The Morgan fingerprint density at radius 2 is 2.06 bits per heavy atom. The number of nitrogens with zero attached hydrogens (tertiary/aromatic N) is 5. The van der Waals surface area contributed by atoms with Crippen molar-refractivity contribution in [1.82, 2.24) is 24.2 Å². The fourth-order valence-electron chi connectivity index (χ4n) is 2.98. The predicted molar refractivity (Wildman–Crippen MR) is 118 cm³/mol. The Bertz CT molecular complexity index is 1630. The molecule has 0 unspecified atom stereocenters. The van der Waals surface area contributed by atoms with Crippen LogP contribution in [0.5, 0.6) is 5.88 Å². The highest BCUT2D eigenvalue weighted by molar-refractivity contribution is 7.89. The van der Waals surface area contributed by atoms with Crippen LogP contribution in [0.1, 0.15) is 21.6 Å². The van der Waals surface area contributed by atoms with E-state index in [-0.39, 0.29) is 27.7 Å². The zero-order valence-corrected chi connectivity index (χ0v) is 18.3. The maximum Gasteiger partial charge on any atom is 0.537 e. The Kier molecular flexibility index (Phi) is 5.68. The van der Waals surface area contributed by atoms with E-state index in [0.29, 0.717) is 0 Å². The SMILES string of the molecule is COc1ncncc1NC(=O)c1cc(C#C[N+]2=c3ccc(C)cc3=[N+]=C2)c(S(N)(=O)=O)cn1. The number of carbonyl (C=O) groups excluding carboxylic acids is 1. The van der Waals surface area contributed by atoms with Gasteiger partial charge in [-0.25, -0.2) is 23.5 Å². The van der Waals surface area contributed by atoms with Crippen LogP contribution in [0.4, 0.5) is 5.69 Å². The van der Waals surface area contributed by atoms with Crippen LogP contribution in [-0.4, -0.2) is 42.7 Å². The Morgan fingerprint density at radius 3 is 2.82 bits per heavy atom. The van der Waals surface area contributed by atoms with E-state index in [2.05, 4.69) is 36.9 Å². The third-order valence-electron chi connectivity index (χ3n) is 4.54. The molecule has 0 atom stereocenters. The van der Waals surface area contributed by atoms with Gasteiger partial charge in [-0.1, -0.05) is 6.07 Å². The van der Waals surface area contributed by atoms with Gasteiger partial charge in [-0.3, -0.25) is 4.79 Å². The number of carbonyl (C=O) groups is 1. The van der Waals surface area contributed by atoms with Crippen molar-refractivity contribution in [2.75, 3.05) is 12.4 Å². The van der Waals surface area contributed by atoms with Crippen molar-refractivity contribution in [2.45, 2.75) is 11.8 Å². The van der Waals surface area contributed by atoms with E-state index >= 15 is 0 Å². The smallest absolute Gasteiger partial charge is 0.479 e. The summed E-state index contributed by atoms with van der Waals surface area (Å²) in [4.78, 5) is 24.1. The molecule has 3 aromatic rings. The Balaban J connectivity index is 1.75. The van der Waals surface area contributed by atoms with Crippen molar-refractivity contribution in [2.24, 2.45) is 5.14 Å². The van der Waals surface area contributed by atoms with Crippen LogP contribution in [0, 0.1) is 18.9 Å². The first kappa shape index (κ1) is 21.8. The number of pyridine rings is 1. The molecule has 11 nitrogen and oxygen atoms in total. The number of amides is 1. The van der Waals surface area contributed by atoms with Gasteiger partial charge in [0.05, 0.1) is 18.9 Å². The van der Waals surface area contributed by atoms with E-state index in [1.807, 2.05) is 25.1 Å². The minimum absolute atomic E-state index is 0.00267. The summed E-state index contributed by atoms with van der Waals surface area (Å²) in [5.74, 6) is 2.27. The average molecular weight is 463 g/mol. The second-order valence-electron chi connectivity index (χ2n) is 6.85. The number of benzene rings is 1. The van der Waals surface area contributed by atoms with Crippen molar-refractivity contribution >= 4 is 28.0 Å². The molecule has 12 heteroatoms. The molecule has 164 valence electrons. The monoisotopic (exact) mass is 463 g/mol. The van der Waals surface area contributed by atoms with E-state index in [4.69, 9.17) is 9.88 Å². The van der Waals surface area contributed by atoms with Crippen molar-refractivity contribution < 1.29 is 17.9 Å². The molecule has 0 aliphatic carbocycles. The molecular weight excluding hydrogens is 446 g/mol. The van der Waals surface area contributed by atoms with Gasteiger partial charge in [-0.15, -0.1) is 0 Å². The molecule has 0 radical (unpaired) electrons. The number of aromatic nitrogens is 3. The van der Waals surface area contributed by atoms with Gasteiger partial charge >= 0.3 is 17.1 Å². The summed E-state index contributed by atoms with van der Waals surface area (Å²) in [6.07, 6.45) is 5.13. The zero-order valence-electron chi connectivity index (χ0n) is 17.5. The Labute approximate surface area is 188 Å². The topological polar surface area (TPSA) is 154 Å². The summed E-state index contributed by atoms with van der Waals surface area (Å²) in [6.45, 7) is 1.95. The molecule has 1 aromatic carbocycles. The summed E-state index contributed by atoms with van der Waals surface area (Å²) in [7, 11) is -2.75. The van der Waals surface area contributed by atoms with Crippen LogP contribution < -0.4 is 35.2 Å². The molecule has 1 aliphatic heterocycles. The number of nitrogens with one attached hydrogen (secondary N) is 1. The van der Waals surface area contributed by atoms with E-state index in [9.17, 15) is 13.2 Å². The minimum Gasteiger partial charge on any atom is -0.479 e. The molecule has 0 saturated carbocycles. The van der Waals surface area contributed by atoms with E-state index in [1.165, 1.54) is 32.0 Å². The lowest BCUT2D eigenvalue weighted by Crippen LogP contribution is -2.32. The molecule has 3 N–H and O–H groups in total. The van der Waals surface area contributed by atoms with Crippen LogP contribution in [-0.2, 0) is 10.0 Å². The van der Waals surface area contributed by atoms with Gasteiger partial charge in [0, 0.05) is 24.3 Å². The third-order valence-corrected chi connectivity index (χ3v) is 5.48. The average Bonchev–Trinajstić information content (AvgIpc) is 3.19. The van der Waals surface area contributed by atoms with E-state index in [1.54, 1.807) is 4.58 Å². The molecule has 1 aliphatic rings. The van der Waals surface area contributed by atoms with Crippen molar-refractivity contribution in [3.05, 3.63) is 70.5 Å². The Hall–Kier alpha value is -4.43. The molecule has 0 bridgehead atoms. The number of aryl methyl sites for hydroxylation is 1. The third kappa shape index (κ3) is 4.60. The normalized spacial score (nSPS) is 11.8. The first-order valence-corrected chi connectivity index (χ1v) is 10.9. The lowest BCUT2D eigenvalue weighted by Gasteiger charge is -2.08. The summed E-state index contributed by atoms with van der Waals surface area (Å²) >= 11 is 0. The number of anilines is 1. The molecule has 33 heavy (non-hydrogen) atoms. The predicted octanol–water partition coefficient (Wildman–Crippen LogP) is -1.68. The van der Waals surface area contributed by atoms with Gasteiger partial charge in [0.2, 0.25) is 21.9 Å². The van der Waals surface area contributed by atoms with Gasteiger partial charge in [-0.05, 0) is 27.8 Å². The molecule has 3 heterocycles. The number of rotatable bonds is 4. The van der Waals surface area contributed by atoms with Gasteiger partial charge in [0.1, 0.15) is 22.6 Å². The fourth-order valence-corrected chi connectivity index (χ4v) is 3.59. The summed E-state index contributed by atoms with van der Waals surface area (Å²) in [5, 5.41) is 9.36. The van der Waals surface area contributed by atoms with Crippen molar-refractivity contribution in [3.63, 3.8) is 0 Å². The lowest BCUT2D eigenvalue weighted by molar-refractivity contribution is 0.102. The second kappa shape index (κ2) is 8.60. The maximum absolute atomic E-state index is 12.7. The van der Waals surface area contributed by atoms with Crippen LogP contribution in [0.25, 0.3) is 0 Å². The van der Waals surface area contributed by atoms with Gasteiger partial charge in [0.15, 0.2) is 0 Å². The molecular formula is C21H17N7O4S+2. The lowest BCUT2D eigenvalue weighted by atomic mass is 10.2. The van der Waals surface area contributed by atoms with Gasteiger partial charge in [-0.2, -0.15) is 4.98 Å². The molecule has 0 saturated heterocycles. The van der Waals surface area contributed by atoms with E-state index < -0.39 is 15.9 Å². The van der Waals surface area contributed by atoms with Crippen molar-refractivity contribution in [1.29, 1.82) is 0 Å². The van der Waals surface area contributed by atoms with Crippen LogP contribution in [0.15, 0.2) is 47.9 Å². The molecule has 1 amide bonds. The highest BCUT2D eigenvalue weighted by Crippen LogP contribution is 2.20. The van der Waals surface area contributed by atoms with Crippen LogP contribution in [0.2, 0.25) is 0 Å². The number of hydrogen-bond acceptors (Lipinski definition) is 7. The van der Waals surface area contributed by atoms with Gasteiger partial charge in [0.25, 0.3) is 5.91 Å². The number of hydrogen-bond donors (Lipinski definition) is 2. The largest absolute Gasteiger partial charge is 0.537 e. The zero-order chi connectivity index (χ0) is 23.6. The number of primary sulfonamides is 1. The summed E-state index contributed by atoms with van der Waals surface area (Å²) in [5.41, 5.74) is 1.17. The summed E-state index contributed by atoms with van der Waals surface area (Å²) in [6, 6.07) is 9.74. The highest BCUT2D eigenvalue weighted by atomic mass is 32.2. The van der Waals surface area contributed by atoms with Crippen molar-refractivity contribution in [3.8, 4) is 17.8 Å². The van der Waals surface area contributed by atoms with Crippen LogP contribution >= 0.6 is 0 Å². The number of fused-ring (bicyclic) bond motifs is 1. The standard InChI is InChI=1S/C21H16N7O4S/c1-13-3-4-18-15(7-13)26-12-28(18)6-5-14-8-16(24-10-19(14)33(22,30)31)20(29)27-17-9-23-11-25-21(17)32-2/h3-4,7-12H,1-2H3,(H2,22,30,31)/q+1/p+1. The first-order chi connectivity index (χ1) is 15.8. The minimum atomic E-state index is -4.15. The molecule has 0 spiro atoms. The molecule has 2 aromatic heterocycles. The number of sulfonamides is 1. The first-order valence-electron chi connectivity index (χ1n) is 9.40. The molecule has 4 rings (SSSR count). The second-order valence-corrected chi connectivity index (χ2v) is 8.38.